The van der Waals surface area contributed by atoms with Crippen LogP contribution in [0.3, 0.4) is 0 Å². The minimum absolute atomic E-state index is 0.0805. The van der Waals surface area contributed by atoms with Crippen LogP contribution in [-0.2, 0) is 14.4 Å². The molecule has 0 rings (SSSR count). The summed E-state index contributed by atoms with van der Waals surface area (Å²) < 4.78 is 0. The summed E-state index contributed by atoms with van der Waals surface area (Å²) in [4.78, 5) is 35.0. The van der Waals surface area contributed by atoms with Gasteiger partial charge in [0.15, 0.2) is 0 Å². The van der Waals surface area contributed by atoms with Gasteiger partial charge in [-0.05, 0) is 32.1 Å². The second kappa shape index (κ2) is 20.7. The summed E-state index contributed by atoms with van der Waals surface area (Å²) in [5, 5.41) is 14.8. The average molecular weight is 427 g/mol. The van der Waals surface area contributed by atoms with Crippen molar-refractivity contribution >= 4 is 17.8 Å². The van der Waals surface area contributed by atoms with Crippen molar-refractivity contribution in [3.63, 3.8) is 0 Å². The van der Waals surface area contributed by atoms with Gasteiger partial charge in [0.1, 0.15) is 6.04 Å². The van der Waals surface area contributed by atoms with E-state index in [4.69, 9.17) is 0 Å². The molecule has 3 N–H and O–H groups in total. The van der Waals surface area contributed by atoms with Gasteiger partial charge in [0.05, 0.1) is 0 Å². The van der Waals surface area contributed by atoms with Crippen molar-refractivity contribution in [2.45, 2.75) is 129 Å². The van der Waals surface area contributed by atoms with Crippen molar-refractivity contribution < 1.29 is 19.5 Å². The van der Waals surface area contributed by atoms with Crippen LogP contribution in [0.25, 0.3) is 0 Å². The molecule has 0 bridgehead atoms. The van der Waals surface area contributed by atoms with Crippen LogP contribution in [-0.4, -0.2) is 35.5 Å². The van der Waals surface area contributed by atoms with Crippen molar-refractivity contribution in [3.05, 3.63) is 0 Å². The molecule has 0 aromatic heterocycles. The molecule has 1 atom stereocenters. The number of carboxylic acids is 1. The molecule has 0 aliphatic heterocycles. The minimum atomic E-state index is -0.992. The van der Waals surface area contributed by atoms with Crippen molar-refractivity contribution in [1.82, 2.24) is 10.6 Å². The second-order valence-electron chi connectivity index (χ2n) is 8.34. The molecule has 0 aromatic carbocycles. The van der Waals surface area contributed by atoms with Crippen molar-refractivity contribution in [2.75, 3.05) is 6.54 Å². The van der Waals surface area contributed by atoms with Crippen molar-refractivity contribution in [2.24, 2.45) is 0 Å². The topological polar surface area (TPSA) is 95.5 Å². The molecule has 1 unspecified atom stereocenters. The van der Waals surface area contributed by atoms with Crippen LogP contribution in [0.2, 0.25) is 0 Å². The van der Waals surface area contributed by atoms with Gasteiger partial charge in [-0.2, -0.15) is 0 Å². The molecule has 6 nitrogen and oxygen atoms in total. The van der Waals surface area contributed by atoms with Gasteiger partial charge in [0.25, 0.3) is 0 Å². The van der Waals surface area contributed by atoms with Gasteiger partial charge < -0.3 is 15.7 Å². The van der Waals surface area contributed by atoms with Gasteiger partial charge >= 0.3 is 5.97 Å². The van der Waals surface area contributed by atoms with Crippen LogP contribution in [0.4, 0.5) is 0 Å². The Kier molecular flexibility index (Phi) is 19.6. The summed E-state index contributed by atoms with van der Waals surface area (Å²) in [6.07, 6.45) is 16.6. The van der Waals surface area contributed by atoms with Crippen LogP contribution in [0.5, 0.6) is 0 Å². The number of hydrogen-bond donors (Lipinski definition) is 3. The molecule has 6 heteroatoms. The largest absolute Gasteiger partial charge is 0.480 e. The summed E-state index contributed by atoms with van der Waals surface area (Å²) in [7, 11) is 0. The van der Waals surface area contributed by atoms with Crippen molar-refractivity contribution in [3.8, 4) is 0 Å². The first-order valence-electron chi connectivity index (χ1n) is 12.3. The lowest BCUT2D eigenvalue weighted by molar-refractivity contribution is -0.142. The standard InChI is InChI=1S/C24H46N2O4/c1-3-5-7-8-9-10-11-12-14-18-22(27)25-20-16-15-17-21(24(29)30)26-23(28)19-13-6-4-2/h21H,3-20H2,1-2H3,(H,25,27)(H,26,28)(H,29,30). The number of nitrogens with one attached hydrogen (secondary N) is 2. The fraction of sp³-hybridized carbons (Fsp3) is 0.875. The maximum atomic E-state index is 11.9. The van der Waals surface area contributed by atoms with E-state index in [-0.39, 0.29) is 11.8 Å². The van der Waals surface area contributed by atoms with Crippen LogP contribution in [0.1, 0.15) is 123 Å². The SMILES string of the molecule is CCCCCCCCCCCC(=O)NCCCCC(NC(=O)CCCCC)C(=O)O. The van der Waals surface area contributed by atoms with Gasteiger partial charge in [-0.15, -0.1) is 0 Å². The van der Waals surface area contributed by atoms with E-state index >= 15 is 0 Å². The monoisotopic (exact) mass is 426 g/mol. The molecular weight excluding hydrogens is 380 g/mol. The molecule has 0 aromatic rings. The Morgan fingerprint density at radius 2 is 1.17 bits per heavy atom. The number of amides is 2. The molecular formula is C24H46N2O4. The van der Waals surface area contributed by atoms with Gasteiger partial charge in [0, 0.05) is 19.4 Å². The smallest absolute Gasteiger partial charge is 0.326 e. The molecule has 0 fully saturated rings. The molecule has 0 aliphatic carbocycles. The summed E-state index contributed by atoms with van der Waals surface area (Å²) in [5.74, 6) is -1.10. The highest BCUT2D eigenvalue weighted by Crippen LogP contribution is 2.10. The highest BCUT2D eigenvalue weighted by molar-refractivity contribution is 5.83. The normalized spacial score (nSPS) is 11.8. The lowest BCUT2D eigenvalue weighted by Crippen LogP contribution is -2.40. The molecule has 2 amide bonds. The van der Waals surface area contributed by atoms with Gasteiger partial charge in [-0.25, -0.2) is 4.79 Å². The zero-order valence-electron chi connectivity index (χ0n) is 19.5. The minimum Gasteiger partial charge on any atom is -0.480 e. The quantitative estimate of drug-likeness (QED) is 0.216. The predicted molar refractivity (Wildman–Crippen MR) is 122 cm³/mol. The fourth-order valence-corrected chi connectivity index (χ4v) is 3.45. The molecule has 0 radical (unpaired) electrons. The Hall–Kier alpha value is -1.59. The van der Waals surface area contributed by atoms with Crippen molar-refractivity contribution in [1.29, 1.82) is 0 Å². The molecule has 176 valence electrons. The molecule has 0 heterocycles. The first-order chi connectivity index (χ1) is 14.5. The summed E-state index contributed by atoms with van der Waals surface area (Å²) in [6.45, 7) is 4.86. The Morgan fingerprint density at radius 3 is 1.77 bits per heavy atom. The molecule has 0 aliphatic rings. The van der Waals surface area contributed by atoms with Gasteiger partial charge in [-0.1, -0.05) is 78.1 Å². The van der Waals surface area contributed by atoms with Gasteiger partial charge in [0.2, 0.25) is 11.8 Å². The van der Waals surface area contributed by atoms with Crippen LogP contribution < -0.4 is 10.6 Å². The highest BCUT2D eigenvalue weighted by Gasteiger charge is 2.19. The first kappa shape index (κ1) is 28.4. The molecule has 0 saturated carbocycles. The van der Waals surface area contributed by atoms with Crippen LogP contribution >= 0.6 is 0 Å². The Labute approximate surface area is 184 Å². The number of carbonyl (C=O) groups is 3. The second-order valence-corrected chi connectivity index (χ2v) is 8.34. The molecule has 30 heavy (non-hydrogen) atoms. The third-order valence-electron chi connectivity index (χ3n) is 5.39. The number of aliphatic carboxylic acids is 1. The van der Waals surface area contributed by atoms with E-state index in [0.29, 0.717) is 32.2 Å². The summed E-state index contributed by atoms with van der Waals surface area (Å²) in [5.41, 5.74) is 0. The fourth-order valence-electron chi connectivity index (χ4n) is 3.45. The highest BCUT2D eigenvalue weighted by atomic mass is 16.4. The number of carbonyl (C=O) groups excluding carboxylic acids is 2. The Morgan fingerprint density at radius 1 is 0.667 bits per heavy atom. The van der Waals surface area contributed by atoms with E-state index in [0.717, 1.165) is 38.5 Å². The summed E-state index contributed by atoms with van der Waals surface area (Å²) in [6, 6.07) is -0.836. The first-order valence-corrected chi connectivity index (χ1v) is 12.3. The third-order valence-corrected chi connectivity index (χ3v) is 5.39. The Bertz CT molecular complexity index is 454. The van der Waals surface area contributed by atoms with Crippen LogP contribution in [0, 0.1) is 0 Å². The summed E-state index contributed by atoms with van der Waals surface area (Å²) >= 11 is 0. The number of unbranched alkanes of at least 4 members (excludes halogenated alkanes) is 11. The third kappa shape index (κ3) is 18.4. The molecule has 0 saturated heterocycles. The predicted octanol–water partition coefficient (Wildman–Crippen LogP) is 5.34. The lowest BCUT2D eigenvalue weighted by atomic mass is 10.1. The maximum Gasteiger partial charge on any atom is 0.326 e. The number of hydrogen-bond acceptors (Lipinski definition) is 3. The van der Waals surface area contributed by atoms with E-state index in [1.54, 1.807) is 0 Å². The molecule has 0 spiro atoms. The zero-order valence-corrected chi connectivity index (χ0v) is 19.5. The van der Waals surface area contributed by atoms with E-state index < -0.39 is 12.0 Å². The number of rotatable bonds is 21. The average Bonchev–Trinajstić information content (AvgIpc) is 2.71. The van der Waals surface area contributed by atoms with E-state index in [1.807, 2.05) is 0 Å². The van der Waals surface area contributed by atoms with Gasteiger partial charge in [-0.3, -0.25) is 9.59 Å². The number of carboxylic acid groups (broad SMARTS) is 1. The van der Waals surface area contributed by atoms with Crippen LogP contribution in [0.15, 0.2) is 0 Å². The maximum absolute atomic E-state index is 11.9. The Balaban J connectivity index is 3.66. The zero-order chi connectivity index (χ0) is 22.5. The lowest BCUT2D eigenvalue weighted by Gasteiger charge is -2.14. The van der Waals surface area contributed by atoms with E-state index in [2.05, 4.69) is 24.5 Å². The van der Waals surface area contributed by atoms with E-state index in [9.17, 15) is 19.5 Å². The van der Waals surface area contributed by atoms with E-state index in [1.165, 1.54) is 44.9 Å².